The monoisotopic (exact) mass is 355 g/mol. The van der Waals surface area contributed by atoms with Gasteiger partial charge in [-0.25, -0.2) is 4.79 Å². The summed E-state index contributed by atoms with van der Waals surface area (Å²) in [5, 5.41) is 9.47. The normalized spacial score (nSPS) is 24.5. The molecule has 3 rings (SSSR count). The quantitative estimate of drug-likeness (QED) is 0.845. The predicted octanol–water partition coefficient (Wildman–Crippen LogP) is 3.89. The lowest BCUT2D eigenvalue weighted by Crippen LogP contribution is -2.40. The predicted molar refractivity (Wildman–Crippen MR) is 87.6 cm³/mol. The fourth-order valence-corrected chi connectivity index (χ4v) is 3.77. The Morgan fingerprint density at radius 3 is 3.00 bits per heavy atom. The van der Waals surface area contributed by atoms with Gasteiger partial charge < -0.3 is 9.84 Å². The van der Waals surface area contributed by atoms with E-state index >= 15 is 0 Å². The molecule has 0 radical (unpaired) electrons. The Morgan fingerprint density at radius 2 is 2.23 bits per heavy atom. The molecule has 0 saturated heterocycles. The summed E-state index contributed by atoms with van der Waals surface area (Å²) in [5.41, 5.74) is -0.623. The molecule has 1 aromatic carbocycles. The molecule has 1 heterocycles. The van der Waals surface area contributed by atoms with Crippen molar-refractivity contribution in [2.75, 3.05) is 6.61 Å². The lowest BCUT2D eigenvalue weighted by Gasteiger charge is -2.35. The number of halogens is 2. The second kappa shape index (κ2) is 6.01. The highest BCUT2D eigenvalue weighted by atomic mass is 35.5. The molecular formula is C15H11Cl2NO3S. The third kappa shape index (κ3) is 2.54. The maximum Gasteiger partial charge on any atom is 0.329 e. The molecule has 7 heteroatoms. The molecule has 0 bridgehead atoms. The van der Waals surface area contributed by atoms with E-state index in [1.165, 1.54) is 11.5 Å². The van der Waals surface area contributed by atoms with Gasteiger partial charge in [0.15, 0.2) is 5.60 Å². The van der Waals surface area contributed by atoms with E-state index < -0.39 is 23.6 Å². The largest absolute Gasteiger partial charge is 0.480 e. The van der Waals surface area contributed by atoms with Gasteiger partial charge in [0.05, 0.1) is 10.4 Å². The van der Waals surface area contributed by atoms with Crippen molar-refractivity contribution < 1.29 is 14.6 Å². The Bertz CT molecular complexity index is 786. The number of nitrogens with zero attached hydrogens (tertiary/aromatic N) is 1. The molecule has 2 aromatic rings. The average Bonchev–Trinajstić information content (AvgIpc) is 2.93. The number of carboxylic acids is 1. The number of rotatable bonds is 4. The maximum absolute atomic E-state index is 10.9. The van der Waals surface area contributed by atoms with Crippen molar-refractivity contribution in [3.05, 3.63) is 53.2 Å². The summed E-state index contributed by atoms with van der Waals surface area (Å²) < 4.78 is 11.1. The van der Waals surface area contributed by atoms with Gasteiger partial charge in [0.1, 0.15) is 12.0 Å². The van der Waals surface area contributed by atoms with Crippen molar-refractivity contribution in [1.82, 2.24) is 4.37 Å². The van der Waals surface area contributed by atoms with Gasteiger partial charge in [-0.3, -0.25) is 0 Å². The molecule has 2 unspecified atom stereocenters. The van der Waals surface area contributed by atoms with E-state index in [9.17, 15) is 4.79 Å². The van der Waals surface area contributed by atoms with Crippen molar-refractivity contribution in [3.63, 3.8) is 0 Å². The minimum Gasteiger partial charge on any atom is -0.480 e. The number of aliphatic carboxylic acids is 1. The Kier molecular flexibility index (Phi) is 4.23. The molecule has 0 aliphatic heterocycles. The van der Waals surface area contributed by atoms with Crippen molar-refractivity contribution in [1.29, 1.82) is 0 Å². The van der Waals surface area contributed by atoms with Crippen LogP contribution in [-0.4, -0.2) is 27.4 Å². The van der Waals surface area contributed by atoms with E-state index in [1.807, 2.05) is 24.3 Å². The molecule has 22 heavy (non-hydrogen) atoms. The second-order valence-electron chi connectivity index (χ2n) is 4.78. The number of carboxylic acid groups (broad SMARTS) is 1. The second-order valence-corrected chi connectivity index (χ2v) is 6.45. The van der Waals surface area contributed by atoms with E-state index in [0.717, 1.165) is 10.1 Å². The lowest BCUT2D eigenvalue weighted by molar-refractivity contribution is -0.147. The molecule has 0 saturated carbocycles. The fourth-order valence-electron chi connectivity index (χ4n) is 2.39. The van der Waals surface area contributed by atoms with Gasteiger partial charge in [0, 0.05) is 10.4 Å². The first-order valence-electron chi connectivity index (χ1n) is 6.44. The Labute approximate surface area is 140 Å². The number of carbonyl (C=O) groups is 1. The summed E-state index contributed by atoms with van der Waals surface area (Å²) in [5.74, 6) is -1.08. The first kappa shape index (κ1) is 15.5. The molecule has 0 spiro atoms. The smallest absolute Gasteiger partial charge is 0.329 e. The van der Waals surface area contributed by atoms with Crippen LogP contribution >= 0.6 is 34.7 Å². The van der Waals surface area contributed by atoms with Gasteiger partial charge in [0.2, 0.25) is 0 Å². The van der Waals surface area contributed by atoms with Crippen LogP contribution in [0.5, 0.6) is 0 Å². The molecular weight excluding hydrogens is 345 g/mol. The maximum atomic E-state index is 10.9. The van der Waals surface area contributed by atoms with Crippen LogP contribution in [0, 0.1) is 0 Å². The van der Waals surface area contributed by atoms with Crippen LogP contribution in [0.3, 0.4) is 0 Å². The van der Waals surface area contributed by atoms with Crippen LogP contribution in [0.15, 0.2) is 47.5 Å². The summed E-state index contributed by atoms with van der Waals surface area (Å²) >= 11 is 13.9. The zero-order valence-electron chi connectivity index (χ0n) is 11.2. The molecule has 114 valence electrons. The highest BCUT2D eigenvalue weighted by Gasteiger charge is 2.45. The van der Waals surface area contributed by atoms with Gasteiger partial charge in [0.25, 0.3) is 0 Å². The van der Waals surface area contributed by atoms with Gasteiger partial charge in [-0.1, -0.05) is 35.9 Å². The number of aromatic nitrogens is 1. The van der Waals surface area contributed by atoms with Crippen molar-refractivity contribution in [2.24, 2.45) is 0 Å². The van der Waals surface area contributed by atoms with Crippen LogP contribution in [0.25, 0.3) is 10.1 Å². The summed E-state index contributed by atoms with van der Waals surface area (Å²) in [6, 6.07) is 7.65. The van der Waals surface area contributed by atoms with Crippen LogP contribution < -0.4 is 0 Å². The zero-order valence-corrected chi connectivity index (χ0v) is 13.5. The summed E-state index contributed by atoms with van der Waals surface area (Å²) in [6.45, 7) is -0.496. The van der Waals surface area contributed by atoms with Crippen LogP contribution in [0.1, 0.15) is 5.69 Å². The Balaban J connectivity index is 2.15. The van der Waals surface area contributed by atoms with Crippen LogP contribution in [0.2, 0.25) is 0 Å². The first-order chi connectivity index (χ1) is 10.5. The summed E-state index contributed by atoms with van der Waals surface area (Å²) in [6.07, 6.45) is 5.08. The van der Waals surface area contributed by atoms with E-state index in [4.69, 9.17) is 33.0 Å². The third-order valence-corrected chi connectivity index (χ3v) is 5.24. The highest BCUT2D eigenvalue weighted by molar-refractivity contribution is 7.13. The zero-order chi connectivity index (χ0) is 15.7. The Morgan fingerprint density at radius 1 is 1.45 bits per heavy atom. The first-order valence-corrected chi connectivity index (χ1v) is 8.03. The number of benzene rings is 1. The van der Waals surface area contributed by atoms with E-state index in [0.29, 0.717) is 10.7 Å². The molecule has 1 N–H and O–H groups in total. The Hall–Kier alpha value is -1.40. The molecule has 0 amide bonds. The topological polar surface area (TPSA) is 59.4 Å². The van der Waals surface area contributed by atoms with Crippen molar-refractivity contribution >= 4 is 50.8 Å². The third-order valence-electron chi connectivity index (χ3n) is 3.40. The van der Waals surface area contributed by atoms with Crippen molar-refractivity contribution in [2.45, 2.75) is 11.0 Å². The summed E-state index contributed by atoms with van der Waals surface area (Å²) in [4.78, 5) is 10.9. The molecule has 1 aromatic heterocycles. The SMILES string of the molecule is O=C(O)COC1(c2nsc3ccccc23)C=CC=C(Cl)C1Cl. The van der Waals surface area contributed by atoms with E-state index in [2.05, 4.69) is 4.37 Å². The van der Waals surface area contributed by atoms with Gasteiger partial charge in [-0.2, -0.15) is 4.37 Å². The van der Waals surface area contributed by atoms with E-state index in [1.54, 1.807) is 18.2 Å². The van der Waals surface area contributed by atoms with Gasteiger partial charge in [-0.15, -0.1) is 11.6 Å². The number of hydrogen-bond acceptors (Lipinski definition) is 4. The molecule has 1 aliphatic carbocycles. The molecule has 4 nitrogen and oxygen atoms in total. The van der Waals surface area contributed by atoms with Gasteiger partial charge >= 0.3 is 5.97 Å². The number of allylic oxidation sites excluding steroid dienone is 2. The minimum absolute atomic E-state index is 0.381. The van der Waals surface area contributed by atoms with Crippen LogP contribution in [-0.2, 0) is 15.1 Å². The van der Waals surface area contributed by atoms with Crippen molar-refractivity contribution in [3.8, 4) is 0 Å². The van der Waals surface area contributed by atoms with Gasteiger partial charge in [-0.05, 0) is 29.8 Å². The highest BCUT2D eigenvalue weighted by Crippen LogP contribution is 2.44. The number of alkyl halides is 1. The number of hydrogen-bond donors (Lipinski definition) is 1. The molecule has 2 atom stereocenters. The fraction of sp³-hybridized carbons (Fsp3) is 0.200. The lowest BCUT2D eigenvalue weighted by atomic mass is 9.88. The number of ether oxygens (including phenoxy) is 1. The molecule has 1 aliphatic rings. The minimum atomic E-state index is -1.20. The number of fused-ring (bicyclic) bond motifs is 1. The standard InChI is InChI=1S/C15H11Cl2NO3S/c16-10-5-3-7-15(13(10)17,21-8-12(19)20)14-9-4-1-2-6-11(9)22-18-14/h1-7,13H,8H2,(H,19,20). The summed E-state index contributed by atoms with van der Waals surface area (Å²) in [7, 11) is 0. The average molecular weight is 356 g/mol. The van der Waals surface area contributed by atoms with Crippen LogP contribution in [0.4, 0.5) is 0 Å². The molecule has 0 fully saturated rings. The van der Waals surface area contributed by atoms with E-state index in [-0.39, 0.29) is 0 Å².